The lowest BCUT2D eigenvalue weighted by Crippen LogP contribution is -2.32. The first kappa shape index (κ1) is 20.1. The van der Waals surface area contributed by atoms with Crippen molar-refractivity contribution in [3.05, 3.63) is 46.4 Å². The number of ether oxygens (including phenoxy) is 2. The third kappa shape index (κ3) is 5.37. The number of carbonyl (C=O) groups is 1. The molecular weight excluding hydrogens is 389 g/mol. The molecule has 0 aliphatic carbocycles. The number of alkyl halides is 2. The van der Waals surface area contributed by atoms with Crippen molar-refractivity contribution in [1.29, 1.82) is 0 Å². The number of methoxy groups -OCH3 is 1. The minimum Gasteiger partial charge on any atom is -0.493 e. The predicted octanol–water partition coefficient (Wildman–Crippen LogP) is 5.04. The van der Waals surface area contributed by atoms with E-state index in [0.29, 0.717) is 21.4 Å². The molecule has 0 saturated carbocycles. The maximum Gasteiger partial charge on any atom is 0.387 e. The number of hydrogen-bond donors (Lipinski definition) is 2. The smallest absolute Gasteiger partial charge is 0.387 e. The number of benzene rings is 2. The van der Waals surface area contributed by atoms with Crippen molar-refractivity contribution >= 4 is 40.5 Å². The van der Waals surface area contributed by atoms with E-state index in [0.717, 1.165) is 0 Å². The van der Waals surface area contributed by atoms with Crippen LogP contribution in [-0.2, 0) is 4.79 Å². The summed E-state index contributed by atoms with van der Waals surface area (Å²) < 4.78 is 34.3. The molecule has 5 nitrogen and oxygen atoms in total. The van der Waals surface area contributed by atoms with Crippen LogP contribution < -0.4 is 20.1 Å². The molecule has 0 fully saturated rings. The average molecular weight is 405 g/mol. The van der Waals surface area contributed by atoms with E-state index in [2.05, 4.69) is 15.4 Å². The lowest BCUT2D eigenvalue weighted by Gasteiger charge is -2.17. The van der Waals surface area contributed by atoms with E-state index in [9.17, 15) is 13.6 Å². The summed E-state index contributed by atoms with van der Waals surface area (Å²) in [6.07, 6.45) is 0. The van der Waals surface area contributed by atoms with Crippen molar-refractivity contribution in [2.45, 2.75) is 19.6 Å². The molecule has 0 saturated heterocycles. The maximum atomic E-state index is 12.5. The number of carbonyl (C=O) groups excluding carboxylic acids is 1. The molecule has 0 radical (unpaired) electrons. The van der Waals surface area contributed by atoms with Gasteiger partial charge in [-0.15, -0.1) is 0 Å². The van der Waals surface area contributed by atoms with E-state index in [1.165, 1.54) is 25.3 Å². The second-order valence-electron chi connectivity index (χ2n) is 5.22. The van der Waals surface area contributed by atoms with Crippen molar-refractivity contribution in [2.75, 3.05) is 17.7 Å². The van der Waals surface area contributed by atoms with E-state index < -0.39 is 12.7 Å². The van der Waals surface area contributed by atoms with Crippen molar-refractivity contribution in [3.8, 4) is 11.5 Å². The van der Waals surface area contributed by atoms with Crippen LogP contribution in [0.4, 0.5) is 20.2 Å². The van der Waals surface area contributed by atoms with Crippen LogP contribution in [0.25, 0.3) is 0 Å². The monoisotopic (exact) mass is 404 g/mol. The Kier molecular flexibility index (Phi) is 6.88. The molecule has 1 unspecified atom stereocenters. The maximum absolute atomic E-state index is 12.5. The first-order valence-corrected chi connectivity index (χ1v) is 8.21. The van der Waals surface area contributed by atoms with Crippen LogP contribution in [0.5, 0.6) is 11.5 Å². The third-order valence-electron chi connectivity index (χ3n) is 3.34. The van der Waals surface area contributed by atoms with Gasteiger partial charge in [0.2, 0.25) is 5.91 Å². The predicted molar refractivity (Wildman–Crippen MR) is 97.8 cm³/mol. The van der Waals surface area contributed by atoms with Gasteiger partial charge in [0.05, 0.1) is 17.8 Å². The van der Waals surface area contributed by atoms with Crippen molar-refractivity contribution in [2.24, 2.45) is 0 Å². The van der Waals surface area contributed by atoms with Crippen LogP contribution >= 0.6 is 23.2 Å². The minimum absolute atomic E-state index is 0.141. The molecule has 0 spiro atoms. The number of hydrogen-bond acceptors (Lipinski definition) is 4. The van der Waals surface area contributed by atoms with Gasteiger partial charge < -0.3 is 20.1 Å². The molecule has 9 heteroatoms. The molecule has 2 aromatic rings. The van der Waals surface area contributed by atoms with Gasteiger partial charge in [-0.05, 0) is 37.3 Å². The Morgan fingerprint density at radius 2 is 1.85 bits per heavy atom. The number of nitrogens with one attached hydrogen (secondary N) is 2. The molecule has 0 aliphatic heterocycles. The molecule has 2 rings (SSSR count). The fraction of sp³-hybridized carbons (Fsp3) is 0.235. The van der Waals surface area contributed by atoms with Gasteiger partial charge in [-0.25, -0.2) is 0 Å². The quantitative estimate of drug-likeness (QED) is 0.678. The first-order valence-electron chi connectivity index (χ1n) is 7.45. The van der Waals surface area contributed by atoms with Crippen molar-refractivity contribution in [3.63, 3.8) is 0 Å². The second-order valence-corrected chi connectivity index (χ2v) is 6.07. The summed E-state index contributed by atoms with van der Waals surface area (Å²) in [6.45, 7) is -1.39. The summed E-state index contributed by atoms with van der Waals surface area (Å²) in [7, 11) is 1.34. The lowest BCUT2D eigenvalue weighted by molar-refractivity contribution is -0.116. The molecule has 0 aromatic heterocycles. The second kappa shape index (κ2) is 8.91. The topological polar surface area (TPSA) is 59.6 Å². The van der Waals surface area contributed by atoms with Crippen LogP contribution in [0.1, 0.15) is 6.92 Å². The van der Waals surface area contributed by atoms with Gasteiger partial charge in [-0.3, -0.25) is 4.79 Å². The van der Waals surface area contributed by atoms with Gasteiger partial charge in [-0.2, -0.15) is 8.78 Å². The Labute approximate surface area is 159 Å². The highest BCUT2D eigenvalue weighted by atomic mass is 35.5. The average Bonchev–Trinajstić information content (AvgIpc) is 2.57. The van der Waals surface area contributed by atoms with Gasteiger partial charge in [0.15, 0.2) is 11.5 Å². The molecular formula is C17H16Cl2F2N2O3. The molecule has 1 atom stereocenters. The Bertz CT molecular complexity index is 791. The summed E-state index contributed by atoms with van der Waals surface area (Å²) in [6, 6.07) is 8.35. The van der Waals surface area contributed by atoms with E-state index in [4.69, 9.17) is 27.9 Å². The van der Waals surface area contributed by atoms with E-state index in [1.807, 2.05) is 0 Å². The van der Waals surface area contributed by atoms with Crippen LogP contribution in [0.3, 0.4) is 0 Å². The Morgan fingerprint density at radius 3 is 2.50 bits per heavy atom. The summed E-state index contributed by atoms with van der Waals surface area (Å²) in [5, 5.41) is 6.30. The summed E-state index contributed by atoms with van der Waals surface area (Å²) in [4.78, 5) is 12.3. The third-order valence-corrected chi connectivity index (χ3v) is 3.91. The van der Waals surface area contributed by atoms with Crippen LogP contribution in [0.15, 0.2) is 36.4 Å². The Balaban J connectivity index is 2.09. The molecule has 0 heterocycles. The zero-order valence-electron chi connectivity index (χ0n) is 13.9. The van der Waals surface area contributed by atoms with Gasteiger partial charge in [-0.1, -0.05) is 23.2 Å². The SMILES string of the molecule is COc1ccc(NC(C)C(=O)Nc2cc(Cl)ccc2Cl)cc1OC(F)F. The summed E-state index contributed by atoms with van der Waals surface area (Å²) in [5.74, 6) is -0.377. The first-order chi connectivity index (χ1) is 12.3. The standard InChI is InChI=1S/C17H16Cl2F2N2O3/c1-9(16(24)23-13-7-10(18)3-5-12(13)19)22-11-4-6-14(25-2)15(8-11)26-17(20)21/h3-9,17,22H,1-2H3,(H,23,24). The normalized spacial score (nSPS) is 11.8. The number of amides is 1. The lowest BCUT2D eigenvalue weighted by atomic mass is 10.2. The number of anilines is 2. The van der Waals surface area contributed by atoms with Gasteiger partial charge >= 0.3 is 6.61 Å². The number of rotatable bonds is 7. The van der Waals surface area contributed by atoms with Crippen molar-refractivity contribution in [1.82, 2.24) is 0 Å². The summed E-state index contributed by atoms with van der Waals surface area (Å²) in [5.41, 5.74) is 0.774. The van der Waals surface area contributed by atoms with E-state index in [-0.39, 0.29) is 17.4 Å². The van der Waals surface area contributed by atoms with Crippen LogP contribution in [-0.4, -0.2) is 25.7 Å². The van der Waals surface area contributed by atoms with Gasteiger partial charge in [0.1, 0.15) is 6.04 Å². The zero-order valence-corrected chi connectivity index (χ0v) is 15.4. The van der Waals surface area contributed by atoms with Crippen LogP contribution in [0, 0.1) is 0 Å². The van der Waals surface area contributed by atoms with Crippen molar-refractivity contribution < 1.29 is 23.0 Å². The highest BCUT2D eigenvalue weighted by molar-refractivity contribution is 6.35. The Hall–Kier alpha value is -2.25. The fourth-order valence-corrected chi connectivity index (χ4v) is 2.44. The molecule has 2 N–H and O–H groups in total. The molecule has 1 amide bonds. The van der Waals surface area contributed by atoms with E-state index in [1.54, 1.807) is 25.1 Å². The highest BCUT2D eigenvalue weighted by Crippen LogP contribution is 2.32. The number of halogens is 4. The summed E-state index contributed by atoms with van der Waals surface area (Å²) >= 11 is 11.9. The fourth-order valence-electron chi connectivity index (χ4n) is 2.10. The molecule has 26 heavy (non-hydrogen) atoms. The van der Waals surface area contributed by atoms with Gasteiger partial charge in [0.25, 0.3) is 0 Å². The Morgan fingerprint density at radius 1 is 1.12 bits per heavy atom. The molecule has 0 bridgehead atoms. The molecule has 140 valence electrons. The largest absolute Gasteiger partial charge is 0.493 e. The van der Waals surface area contributed by atoms with Crippen LogP contribution in [0.2, 0.25) is 10.0 Å². The zero-order chi connectivity index (χ0) is 19.3. The minimum atomic E-state index is -3.00. The molecule has 0 aliphatic rings. The highest BCUT2D eigenvalue weighted by Gasteiger charge is 2.17. The molecule has 2 aromatic carbocycles. The van der Waals surface area contributed by atoms with Gasteiger partial charge in [0, 0.05) is 16.8 Å². The van der Waals surface area contributed by atoms with E-state index >= 15 is 0 Å².